The lowest BCUT2D eigenvalue weighted by atomic mass is 9.97. The van der Waals surface area contributed by atoms with Crippen molar-refractivity contribution in [3.05, 3.63) is 11.6 Å². The highest BCUT2D eigenvalue weighted by Crippen LogP contribution is 2.35. The van der Waals surface area contributed by atoms with Crippen molar-refractivity contribution in [2.45, 2.75) is 64.1 Å². The maximum absolute atomic E-state index is 12.3. The molecular weight excluding hydrogens is 200 g/mol. The second-order valence-electron chi connectivity index (χ2n) is 5.12. The van der Waals surface area contributed by atoms with Gasteiger partial charge in [0.05, 0.1) is 0 Å². The first-order chi connectivity index (χ1) is 7.63. The molecule has 2 aliphatic heterocycles. The van der Waals surface area contributed by atoms with Crippen LogP contribution in [0.4, 0.5) is 0 Å². The van der Waals surface area contributed by atoms with E-state index in [0.29, 0.717) is 18.1 Å². The van der Waals surface area contributed by atoms with Crippen molar-refractivity contribution >= 4 is 5.91 Å². The van der Waals surface area contributed by atoms with E-state index in [9.17, 15) is 4.79 Å². The Bertz CT molecular complexity index is 297. The van der Waals surface area contributed by atoms with Crippen LogP contribution in [0, 0.1) is 0 Å². The minimum atomic E-state index is 0.237. The minimum absolute atomic E-state index is 0.237. The van der Waals surface area contributed by atoms with Crippen LogP contribution in [-0.4, -0.2) is 28.9 Å². The van der Waals surface area contributed by atoms with Crippen LogP contribution >= 0.6 is 0 Å². The molecule has 2 heterocycles. The van der Waals surface area contributed by atoms with Gasteiger partial charge in [-0.1, -0.05) is 13.0 Å². The van der Waals surface area contributed by atoms with Gasteiger partial charge >= 0.3 is 0 Å². The first-order valence-corrected chi connectivity index (χ1v) is 6.38. The van der Waals surface area contributed by atoms with E-state index >= 15 is 0 Å². The molecule has 2 fully saturated rings. The fourth-order valence-corrected chi connectivity index (χ4v) is 3.15. The lowest BCUT2D eigenvalue weighted by Crippen LogP contribution is -2.50. The van der Waals surface area contributed by atoms with Crippen LogP contribution < -0.4 is 5.73 Å². The Hall–Kier alpha value is -0.830. The molecule has 0 radical (unpaired) electrons. The van der Waals surface area contributed by atoms with Gasteiger partial charge in [-0.3, -0.25) is 4.79 Å². The van der Waals surface area contributed by atoms with Crippen molar-refractivity contribution in [2.24, 2.45) is 5.73 Å². The fourth-order valence-electron chi connectivity index (χ4n) is 3.15. The summed E-state index contributed by atoms with van der Waals surface area (Å²) in [6.45, 7) is 4.00. The third-order valence-electron chi connectivity index (χ3n) is 3.85. The molecule has 2 saturated heterocycles. The summed E-state index contributed by atoms with van der Waals surface area (Å²) in [7, 11) is 0. The van der Waals surface area contributed by atoms with Crippen molar-refractivity contribution in [3.8, 4) is 0 Å². The van der Waals surface area contributed by atoms with Crippen LogP contribution in [0.5, 0.6) is 0 Å². The van der Waals surface area contributed by atoms with Crippen molar-refractivity contribution in [3.63, 3.8) is 0 Å². The van der Waals surface area contributed by atoms with Crippen LogP contribution in [0.1, 0.15) is 46.0 Å². The number of hydrogen-bond donors (Lipinski definition) is 1. The summed E-state index contributed by atoms with van der Waals surface area (Å²) < 4.78 is 0. The molecule has 3 heteroatoms. The predicted molar refractivity (Wildman–Crippen MR) is 64.9 cm³/mol. The van der Waals surface area contributed by atoms with Crippen LogP contribution in [0.3, 0.4) is 0 Å². The lowest BCUT2D eigenvalue weighted by molar-refractivity contribution is -0.131. The van der Waals surface area contributed by atoms with Gasteiger partial charge in [-0.05, 0) is 39.0 Å². The Balaban J connectivity index is 2.11. The zero-order chi connectivity index (χ0) is 11.7. The first-order valence-electron chi connectivity index (χ1n) is 6.38. The Morgan fingerprint density at radius 2 is 1.94 bits per heavy atom. The second kappa shape index (κ2) is 4.58. The van der Waals surface area contributed by atoms with E-state index in [4.69, 9.17) is 5.73 Å². The number of allylic oxidation sites excluding steroid dienone is 1. The summed E-state index contributed by atoms with van der Waals surface area (Å²) in [4.78, 5) is 14.4. The van der Waals surface area contributed by atoms with Gasteiger partial charge in [-0.25, -0.2) is 0 Å². The minimum Gasteiger partial charge on any atom is -0.333 e. The maximum atomic E-state index is 12.3. The smallest absolute Gasteiger partial charge is 0.249 e. The van der Waals surface area contributed by atoms with E-state index in [0.717, 1.165) is 37.7 Å². The van der Waals surface area contributed by atoms with Crippen LogP contribution in [0.25, 0.3) is 0 Å². The summed E-state index contributed by atoms with van der Waals surface area (Å²) >= 11 is 0. The molecule has 0 aromatic heterocycles. The molecule has 0 aromatic rings. The highest BCUT2D eigenvalue weighted by molar-refractivity contribution is 5.93. The zero-order valence-electron chi connectivity index (χ0n) is 10.3. The van der Waals surface area contributed by atoms with Crippen LogP contribution in [0.15, 0.2) is 11.6 Å². The molecule has 2 rings (SSSR count). The van der Waals surface area contributed by atoms with Crippen molar-refractivity contribution in [1.82, 2.24) is 4.90 Å². The van der Waals surface area contributed by atoms with Gasteiger partial charge < -0.3 is 10.6 Å². The Labute approximate surface area is 97.7 Å². The van der Waals surface area contributed by atoms with Gasteiger partial charge in [0, 0.05) is 23.7 Å². The summed E-state index contributed by atoms with van der Waals surface area (Å²) in [5.41, 5.74) is 6.90. The topological polar surface area (TPSA) is 46.3 Å². The third-order valence-corrected chi connectivity index (χ3v) is 3.85. The Morgan fingerprint density at radius 3 is 2.44 bits per heavy atom. The molecule has 90 valence electrons. The number of carbonyl (C=O) groups is 1. The van der Waals surface area contributed by atoms with E-state index in [1.165, 1.54) is 0 Å². The van der Waals surface area contributed by atoms with Crippen molar-refractivity contribution < 1.29 is 4.79 Å². The predicted octanol–water partition coefficient (Wildman–Crippen LogP) is 1.82. The highest BCUT2D eigenvalue weighted by atomic mass is 16.2. The van der Waals surface area contributed by atoms with Gasteiger partial charge in [-0.15, -0.1) is 0 Å². The van der Waals surface area contributed by atoms with Gasteiger partial charge in [0.1, 0.15) is 0 Å². The largest absolute Gasteiger partial charge is 0.333 e. The SMILES string of the molecule is CCC=C(C)C(=O)N1C2CCC1CC(N)C2. The number of hydrogen-bond acceptors (Lipinski definition) is 2. The maximum Gasteiger partial charge on any atom is 0.249 e. The standard InChI is InChI=1S/C13H22N2O/c1-3-4-9(2)13(16)15-11-5-6-12(15)8-10(14)7-11/h4,10-12H,3,5-8,14H2,1-2H3. The number of amides is 1. The number of nitrogens with two attached hydrogens (primary N) is 1. The number of nitrogens with zero attached hydrogens (tertiary/aromatic N) is 1. The molecule has 1 amide bonds. The van der Waals surface area contributed by atoms with Crippen LogP contribution in [-0.2, 0) is 4.79 Å². The molecule has 2 unspecified atom stereocenters. The molecule has 3 nitrogen and oxygen atoms in total. The highest BCUT2D eigenvalue weighted by Gasteiger charge is 2.42. The summed E-state index contributed by atoms with van der Waals surface area (Å²) in [6, 6.07) is 1.11. The molecule has 0 aliphatic carbocycles. The second-order valence-corrected chi connectivity index (χ2v) is 5.12. The quantitative estimate of drug-likeness (QED) is 0.724. The molecule has 2 atom stereocenters. The molecule has 0 spiro atoms. The van der Waals surface area contributed by atoms with E-state index in [1.807, 2.05) is 13.0 Å². The fraction of sp³-hybridized carbons (Fsp3) is 0.769. The monoisotopic (exact) mass is 222 g/mol. The molecule has 16 heavy (non-hydrogen) atoms. The number of carbonyl (C=O) groups excluding carboxylic acids is 1. The van der Waals surface area contributed by atoms with E-state index in [-0.39, 0.29) is 5.91 Å². The van der Waals surface area contributed by atoms with Gasteiger partial charge in [0.25, 0.3) is 0 Å². The summed E-state index contributed by atoms with van der Waals surface area (Å²) in [5.74, 6) is 0.237. The van der Waals surface area contributed by atoms with Gasteiger partial charge in [0.2, 0.25) is 5.91 Å². The average molecular weight is 222 g/mol. The van der Waals surface area contributed by atoms with E-state index in [2.05, 4.69) is 11.8 Å². The molecule has 0 aromatic carbocycles. The molecule has 2 aliphatic rings. The van der Waals surface area contributed by atoms with Gasteiger partial charge in [-0.2, -0.15) is 0 Å². The normalized spacial score (nSPS) is 34.3. The van der Waals surface area contributed by atoms with Crippen molar-refractivity contribution in [2.75, 3.05) is 0 Å². The molecular formula is C13H22N2O. The summed E-state index contributed by atoms with van der Waals surface area (Å²) in [5, 5.41) is 0. The zero-order valence-corrected chi connectivity index (χ0v) is 10.3. The molecule has 2 N–H and O–H groups in total. The Kier molecular flexibility index (Phi) is 3.33. The van der Waals surface area contributed by atoms with Crippen molar-refractivity contribution in [1.29, 1.82) is 0 Å². The van der Waals surface area contributed by atoms with E-state index < -0.39 is 0 Å². The molecule has 2 bridgehead atoms. The molecule has 0 saturated carbocycles. The number of fused-ring (bicyclic) bond motifs is 2. The lowest BCUT2D eigenvalue weighted by Gasteiger charge is -2.38. The number of piperidine rings is 1. The van der Waals surface area contributed by atoms with Crippen LogP contribution in [0.2, 0.25) is 0 Å². The summed E-state index contributed by atoms with van der Waals surface area (Å²) in [6.07, 6.45) is 7.22. The van der Waals surface area contributed by atoms with E-state index in [1.54, 1.807) is 0 Å². The first kappa shape index (κ1) is 11.6. The number of rotatable bonds is 2. The van der Waals surface area contributed by atoms with Gasteiger partial charge in [0.15, 0.2) is 0 Å². The average Bonchev–Trinajstić information content (AvgIpc) is 2.50. The third kappa shape index (κ3) is 2.01. The Morgan fingerprint density at radius 1 is 1.38 bits per heavy atom.